The second-order valence-electron chi connectivity index (χ2n) is 16.1. The fourth-order valence-electron chi connectivity index (χ4n) is 9.13. The minimum absolute atomic E-state index is 0.0245. The van der Waals surface area contributed by atoms with E-state index in [1.165, 1.54) is 21.2 Å². The Balaban J connectivity index is 1.75. The van der Waals surface area contributed by atoms with Gasteiger partial charge < -0.3 is 28.7 Å². The van der Waals surface area contributed by atoms with Gasteiger partial charge in [0.05, 0.1) is 40.5 Å². The second kappa shape index (κ2) is 17.8. The molecule has 302 valence electrons. The first-order chi connectivity index (χ1) is 26.5. The molecule has 0 radical (unpaired) electrons. The van der Waals surface area contributed by atoms with E-state index in [9.17, 15) is 4.79 Å². The molecule has 0 bridgehead atoms. The molecule has 1 heterocycles. The monoisotopic (exact) mass is 798 g/mol. The summed E-state index contributed by atoms with van der Waals surface area (Å²) >= 11 is 0. The molecule has 1 fully saturated rings. The summed E-state index contributed by atoms with van der Waals surface area (Å²) < 4.78 is 23.4. The van der Waals surface area contributed by atoms with Gasteiger partial charge in [0.1, 0.15) is 23.0 Å². The van der Waals surface area contributed by atoms with Crippen molar-refractivity contribution >= 4 is 43.1 Å². The Bertz CT molecular complexity index is 1720. The lowest BCUT2D eigenvalue weighted by Crippen LogP contribution is -2.46. The first-order valence-electron chi connectivity index (χ1n) is 19.7. The molecule has 0 aromatic heterocycles. The van der Waals surface area contributed by atoms with Gasteiger partial charge in [0, 0.05) is 12.1 Å². The van der Waals surface area contributed by atoms with Gasteiger partial charge in [0.2, 0.25) is 0 Å². The highest BCUT2D eigenvalue weighted by Crippen LogP contribution is 2.47. The first kappa shape index (κ1) is 43.3. The smallest absolute Gasteiger partial charge is 0.321 e. The third-order valence-corrected chi connectivity index (χ3v) is 16.3. The van der Waals surface area contributed by atoms with E-state index in [2.05, 4.69) is 141 Å². The van der Waals surface area contributed by atoms with Gasteiger partial charge in [0.15, 0.2) is 0 Å². The minimum Gasteiger partial charge on any atom is -0.496 e. The fraction of sp³-hybridized carbons (Fsp3) is 0.468. The standard InChI is InChI=1S/C47H64N2O5P2/c1-27(2)48-41(25-55(37-17-29(5)43(51-13)30(6)18-37)38-19-31(7)44(52-14)32(8)20-38)42(49(28(3)4)47(48)50)26-56(39-21-33(9)45(53-15)34(10)22-39)40-23-35(11)46(54-16)36(12)24-40/h17-24,27-28,41-42H,25-26H2,1-16H3/t41-,42-/m1/s1. The maximum Gasteiger partial charge on any atom is 0.321 e. The molecule has 4 aromatic rings. The second-order valence-corrected chi connectivity index (χ2v) is 20.6. The van der Waals surface area contributed by atoms with Crippen molar-refractivity contribution in [3.05, 3.63) is 93.0 Å². The van der Waals surface area contributed by atoms with Gasteiger partial charge in [-0.15, -0.1) is 0 Å². The average Bonchev–Trinajstić information content (AvgIpc) is 3.39. The van der Waals surface area contributed by atoms with E-state index >= 15 is 0 Å². The number of methoxy groups -OCH3 is 4. The number of rotatable bonds is 14. The Morgan fingerprint density at radius 3 is 0.804 bits per heavy atom. The molecular formula is C47H64N2O5P2. The maximum absolute atomic E-state index is 14.9. The lowest BCUT2D eigenvalue weighted by atomic mass is 10.1. The van der Waals surface area contributed by atoms with E-state index in [0.717, 1.165) is 79.8 Å². The number of hydrogen-bond donors (Lipinski definition) is 0. The van der Waals surface area contributed by atoms with Crippen LogP contribution in [-0.2, 0) is 0 Å². The molecule has 2 amide bonds. The number of urea groups is 1. The highest BCUT2D eigenvalue weighted by Gasteiger charge is 2.49. The molecule has 1 aliphatic heterocycles. The van der Waals surface area contributed by atoms with Crippen LogP contribution in [0.5, 0.6) is 23.0 Å². The molecule has 5 rings (SSSR count). The summed E-state index contributed by atoms with van der Waals surface area (Å²) in [6, 6.07) is 18.6. The van der Waals surface area contributed by atoms with E-state index < -0.39 is 15.8 Å². The third-order valence-electron chi connectivity index (χ3n) is 11.3. The Morgan fingerprint density at radius 1 is 0.446 bits per heavy atom. The van der Waals surface area contributed by atoms with Crippen molar-refractivity contribution in [1.29, 1.82) is 0 Å². The predicted molar refractivity (Wildman–Crippen MR) is 239 cm³/mol. The van der Waals surface area contributed by atoms with E-state index in [1.807, 2.05) is 0 Å². The molecule has 0 aliphatic carbocycles. The summed E-state index contributed by atoms with van der Waals surface area (Å²) in [5, 5.41) is 5.18. The van der Waals surface area contributed by atoms with Crippen molar-refractivity contribution in [3.8, 4) is 23.0 Å². The van der Waals surface area contributed by atoms with Crippen molar-refractivity contribution in [2.75, 3.05) is 40.8 Å². The van der Waals surface area contributed by atoms with Crippen LogP contribution in [0.25, 0.3) is 0 Å². The first-order valence-corrected chi connectivity index (χ1v) is 22.8. The lowest BCUT2D eigenvalue weighted by Gasteiger charge is -2.36. The molecule has 4 aromatic carbocycles. The summed E-state index contributed by atoms with van der Waals surface area (Å²) in [5.41, 5.74) is 9.00. The molecule has 1 saturated heterocycles. The van der Waals surface area contributed by atoms with Crippen LogP contribution in [0.1, 0.15) is 72.2 Å². The van der Waals surface area contributed by atoms with Crippen molar-refractivity contribution in [3.63, 3.8) is 0 Å². The number of hydrogen-bond acceptors (Lipinski definition) is 5. The molecular weight excluding hydrogens is 734 g/mol. The zero-order chi connectivity index (χ0) is 41.3. The Labute approximate surface area is 339 Å². The normalized spacial score (nSPS) is 15.9. The van der Waals surface area contributed by atoms with Gasteiger partial charge in [-0.3, -0.25) is 0 Å². The van der Waals surface area contributed by atoms with Crippen LogP contribution in [-0.4, -0.2) is 80.8 Å². The highest BCUT2D eigenvalue weighted by molar-refractivity contribution is 7.73. The molecule has 0 saturated carbocycles. The topological polar surface area (TPSA) is 60.5 Å². The number of ether oxygens (including phenoxy) is 4. The van der Waals surface area contributed by atoms with E-state index in [-0.39, 0.29) is 30.2 Å². The minimum atomic E-state index is -0.922. The van der Waals surface area contributed by atoms with Crippen LogP contribution in [0.3, 0.4) is 0 Å². The van der Waals surface area contributed by atoms with Crippen molar-refractivity contribution in [1.82, 2.24) is 9.80 Å². The largest absolute Gasteiger partial charge is 0.496 e. The zero-order valence-electron chi connectivity index (χ0n) is 36.7. The summed E-state index contributed by atoms with van der Waals surface area (Å²) in [7, 11) is 5.15. The molecule has 9 heteroatoms. The van der Waals surface area contributed by atoms with Gasteiger partial charge in [0.25, 0.3) is 0 Å². The van der Waals surface area contributed by atoms with Gasteiger partial charge in [-0.1, -0.05) is 0 Å². The van der Waals surface area contributed by atoms with Crippen LogP contribution in [0.2, 0.25) is 0 Å². The number of amides is 2. The number of nitrogens with zero attached hydrogens (tertiary/aromatic N) is 2. The number of carbonyl (C=O) groups is 1. The summed E-state index contributed by atoms with van der Waals surface area (Å²) in [6.45, 7) is 25.8. The molecule has 0 N–H and O–H groups in total. The quantitative estimate of drug-likeness (QED) is 0.119. The number of benzene rings is 4. The average molecular weight is 799 g/mol. The van der Waals surface area contributed by atoms with E-state index in [1.54, 1.807) is 28.4 Å². The van der Waals surface area contributed by atoms with Crippen LogP contribution < -0.4 is 40.2 Å². The molecule has 2 atom stereocenters. The third kappa shape index (κ3) is 8.41. The molecule has 0 unspecified atom stereocenters. The highest BCUT2D eigenvalue weighted by atomic mass is 31.1. The Hall–Kier alpha value is -3.79. The predicted octanol–water partition coefficient (Wildman–Crippen LogP) is 9.05. The molecule has 56 heavy (non-hydrogen) atoms. The number of aryl methyl sites for hydroxylation is 8. The van der Waals surface area contributed by atoms with Crippen LogP contribution in [0.15, 0.2) is 48.5 Å². The summed E-state index contributed by atoms with van der Waals surface area (Å²) in [6.07, 6.45) is 1.65. The number of carbonyl (C=O) groups excluding carboxylic acids is 1. The van der Waals surface area contributed by atoms with Crippen LogP contribution in [0, 0.1) is 55.4 Å². The Kier molecular flexibility index (Phi) is 13.8. The van der Waals surface area contributed by atoms with Gasteiger partial charge in [-0.05, 0) is 226 Å². The van der Waals surface area contributed by atoms with Crippen LogP contribution in [0.4, 0.5) is 4.79 Å². The van der Waals surface area contributed by atoms with Crippen LogP contribution >= 0.6 is 15.8 Å². The SMILES string of the molecule is COc1c(C)cc(P(C[C@@H]2[C@@H](CP(c3cc(C)c(OC)c(C)c3)c3cc(C)c(OC)c(C)c3)N(C(C)C)C(=O)N2C(C)C)c2cc(C)c(OC)c(C)c2)cc1C. The van der Waals surface area contributed by atoms with Crippen molar-refractivity contribution in [2.45, 2.75) is 107 Å². The van der Waals surface area contributed by atoms with Gasteiger partial charge >= 0.3 is 6.03 Å². The van der Waals surface area contributed by atoms with E-state index in [0.29, 0.717) is 0 Å². The lowest BCUT2D eigenvalue weighted by molar-refractivity contribution is 0.167. The van der Waals surface area contributed by atoms with Crippen molar-refractivity contribution in [2.24, 2.45) is 0 Å². The summed E-state index contributed by atoms with van der Waals surface area (Å²) in [5.74, 6) is 3.70. The molecule has 0 spiro atoms. The maximum atomic E-state index is 14.9. The zero-order valence-corrected chi connectivity index (χ0v) is 38.5. The van der Waals surface area contributed by atoms with Gasteiger partial charge in [-0.2, -0.15) is 0 Å². The molecule has 7 nitrogen and oxygen atoms in total. The van der Waals surface area contributed by atoms with Crippen molar-refractivity contribution < 1.29 is 23.7 Å². The van der Waals surface area contributed by atoms with Gasteiger partial charge in [-0.25, -0.2) is 4.79 Å². The Morgan fingerprint density at radius 2 is 0.643 bits per heavy atom. The van der Waals surface area contributed by atoms with E-state index in [4.69, 9.17) is 18.9 Å². The fourth-order valence-corrected chi connectivity index (χ4v) is 15.0. The molecule has 1 aliphatic rings. The summed E-state index contributed by atoms with van der Waals surface area (Å²) in [4.78, 5) is 19.3.